The van der Waals surface area contributed by atoms with Gasteiger partial charge >= 0.3 is 0 Å². The third-order valence-corrected chi connectivity index (χ3v) is 7.43. The highest BCUT2D eigenvalue weighted by Gasteiger charge is 2.24. The van der Waals surface area contributed by atoms with E-state index in [1.807, 2.05) is 6.07 Å². The lowest BCUT2D eigenvalue weighted by Gasteiger charge is -2.28. The van der Waals surface area contributed by atoms with E-state index in [9.17, 15) is 17.2 Å². The van der Waals surface area contributed by atoms with Crippen LogP contribution < -0.4 is 11.1 Å². The monoisotopic (exact) mass is 498 g/mol. The van der Waals surface area contributed by atoms with Crippen molar-refractivity contribution in [3.05, 3.63) is 66.1 Å². The fourth-order valence-electron chi connectivity index (χ4n) is 4.61. The minimum absolute atomic E-state index is 0.00161. The molecular formula is C24H24F2N6O2S. The summed E-state index contributed by atoms with van der Waals surface area (Å²) in [5.74, 6) is -1.40. The van der Waals surface area contributed by atoms with Gasteiger partial charge in [0.2, 0.25) is 5.95 Å². The number of anilines is 2. The molecule has 1 aliphatic rings. The number of sulfone groups is 1. The van der Waals surface area contributed by atoms with Crippen LogP contribution in [0.2, 0.25) is 0 Å². The van der Waals surface area contributed by atoms with Gasteiger partial charge in [0, 0.05) is 18.5 Å². The zero-order valence-electron chi connectivity index (χ0n) is 18.9. The molecule has 1 saturated carbocycles. The molecule has 0 aliphatic heterocycles. The first kappa shape index (κ1) is 23.3. The largest absolute Gasteiger partial charge is 0.328 e. The lowest BCUT2D eigenvalue weighted by atomic mass is 9.81. The predicted molar refractivity (Wildman–Crippen MR) is 128 cm³/mol. The number of nitrogens with one attached hydrogen (secondary N) is 1. The summed E-state index contributed by atoms with van der Waals surface area (Å²) in [6, 6.07) is 6.81. The molecule has 5 rings (SSSR count). The maximum Gasteiger partial charge on any atom is 0.229 e. The summed E-state index contributed by atoms with van der Waals surface area (Å²) in [6.45, 7) is 0. The Labute approximate surface area is 201 Å². The summed E-state index contributed by atoms with van der Waals surface area (Å²) in [5, 5.41) is 7.65. The van der Waals surface area contributed by atoms with Crippen LogP contribution in [0, 0.1) is 11.6 Å². The third-order valence-electron chi connectivity index (χ3n) is 6.34. The van der Waals surface area contributed by atoms with E-state index in [0.717, 1.165) is 55.3 Å². The van der Waals surface area contributed by atoms with Crippen LogP contribution in [-0.4, -0.2) is 40.3 Å². The van der Waals surface area contributed by atoms with Crippen molar-refractivity contribution in [2.45, 2.75) is 42.5 Å². The van der Waals surface area contributed by atoms with Crippen molar-refractivity contribution in [2.75, 3.05) is 11.6 Å². The van der Waals surface area contributed by atoms with Gasteiger partial charge in [0.15, 0.2) is 9.84 Å². The van der Waals surface area contributed by atoms with Gasteiger partial charge in [-0.2, -0.15) is 9.61 Å². The van der Waals surface area contributed by atoms with Crippen LogP contribution in [0.5, 0.6) is 0 Å². The van der Waals surface area contributed by atoms with Crippen molar-refractivity contribution in [1.29, 1.82) is 0 Å². The second-order valence-corrected chi connectivity index (χ2v) is 10.9. The van der Waals surface area contributed by atoms with E-state index < -0.39 is 31.9 Å². The van der Waals surface area contributed by atoms with Crippen molar-refractivity contribution in [3.63, 3.8) is 0 Å². The first-order chi connectivity index (χ1) is 16.7. The van der Waals surface area contributed by atoms with Gasteiger partial charge in [-0.3, -0.25) is 4.98 Å². The molecule has 2 atom stereocenters. The van der Waals surface area contributed by atoms with Crippen molar-refractivity contribution < 1.29 is 17.2 Å². The van der Waals surface area contributed by atoms with Crippen LogP contribution >= 0.6 is 0 Å². The second-order valence-electron chi connectivity index (χ2n) is 8.88. The summed E-state index contributed by atoms with van der Waals surface area (Å²) in [7, 11) is -3.77. The normalized spacial score (nSPS) is 18.6. The third kappa shape index (κ3) is 4.61. The molecule has 0 amide bonds. The molecular weight excluding hydrogens is 474 g/mol. The summed E-state index contributed by atoms with van der Waals surface area (Å²) >= 11 is 0. The molecule has 0 radical (unpaired) electrons. The molecule has 182 valence electrons. The average molecular weight is 499 g/mol. The molecule has 4 aromatic rings. The van der Waals surface area contributed by atoms with Gasteiger partial charge in [-0.15, -0.1) is 0 Å². The van der Waals surface area contributed by atoms with Crippen LogP contribution in [-0.2, 0) is 9.84 Å². The van der Waals surface area contributed by atoms with E-state index >= 15 is 0 Å². The Balaban J connectivity index is 1.53. The van der Waals surface area contributed by atoms with E-state index in [2.05, 4.69) is 20.4 Å². The van der Waals surface area contributed by atoms with Gasteiger partial charge in [-0.05, 0) is 61.1 Å². The SMILES string of the molecule is CS(=O)(=O)c1cc(F)c(-c2ccc3cnc(Nc4cnccc4C4CCCC(N)C4)n3n2)c(F)c1. The van der Waals surface area contributed by atoms with Crippen LogP contribution in [0.1, 0.15) is 37.2 Å². The molecule has 2 unspecified atom stereocenters. The lowest BCUT2D eigenvalue weighted by molar-refractivity contribution is 0.394. The summed E-state index contributed by atoms with van der Waals surface area (Å²) in [5.41, 5.74) is 8.23. The van der Waals surface area contributed by atoms with Gasteiger partial charge in [-0.25, -0.2) is 22.2 Å². The zero-order valence-corrected chi connectivity index (χ0v) is 19.8. The topological polar surface area (TPSA) is 115 Å². The van der Waals surface area contributed by atoms with Gasteiger partial charge in [0.05, 0.1) is 39.8 Å². The Morgan fingerprint density at radius 1 is 1.11 bits per heavy atom. The van der Waals surface area contributed by atoms with E-state index in [1.165, 1.54) is 10.6 Å². The molecule has 11 heteroatoms. The highest BCUT2D eigenvalue weighted by atomic mass is 32.2. The maximum atomic E-state index is 14.8. The van der Waals surface area contributed by atoms with E-state index in [-0.39, 0.29) is 17.7 Å². The highest BCUT2D eigenvalue weighted by molar-refractivity contribution is 7.90. The van der Waals surface area contributed by atoms with Gasteiger partial charge in [0.1, 0.15) is 11.6 Å². The van der Waals surface area contributed by atoms with Crippen LogP contribution in [0.15, 0.2) is 53.8 Å². The second kappa shape index (κ2) is 8.97. The molecule has 3 heterocycles. The molecule has 1 fully saturated rings. The lowest BCUT2D eigenvalue weighted by Crippen LogP contribution is -2.27. The van der Waals surface area contributed by atoms with Crippen molar-refractivity contribution in [1.82, 2.24) is 19.6 Å². The Bertz CT molecular complexity index is 1500. The van der Waals surface area contributed by atoms with Gasteiger partial charge < -0.3 is 11.1 Å². The standard InChI is InChI=1S/C24H24F2N6O2S/c1-35(33,34)17-10-19(25)23(20(26)11-17)21-6-5-16-12-29-24(32(16)31-21)30-22-13-28-8-7-18(22)14-3-2-4-15(27)9-14/h5-8,10-15H,2-4,9,27H2,1H3,(H,29,30). The van der Waals surface area contributed by atoms with Crippen molar-refractivity contribution in [3.8, 4) is 11.3 Å². The Morgan fingerprint density at radius 2 is 1.89 bits per heavy atom. The smallest absolute Gasteiger partial charge is 0.229 e. The molecule has 1 aromatic carbocycles. The number of nitrogens with two attached hydrogens (primary N) is 1. The quantitative estimate of drug-likeness (QED) is 0.424. The molecule has 0 bridgehead atoms. The highest BCUT2D eigenvalue weighted by Crippen LogP contribution is 2.36. The Hall–Kier alpha value is -3.44. The van der Waals surface area contributed by atoms with Gasteiger partial charge in [-0.1, -0.05) is 6.42 Å². The number of halogens is 2. The minimum Gasteiger partial charge on any atom is -0.328 e. The van der Waals surface area contributed by atoms with E-state index in [4.69, 9.17) is 5.73 Å². The maximum absolute atomic E-state index is 14.8. The zero-order chi connectivity index (χ0) is 24.7. The number of hydrogen-bond donors (Lipinski definition) is 2. The predicted octanol–water partition coefficient (Wildman–Crippen LogP) is 4.20. The number of aromatic nitrogens is 4. The first-order valence-corrected chi connectivity index (χ1v) is 13.1. The number of pyridine rings is 1. The number of rotatable bonds is 5. The Morgan fingerprint density at radius 3 is 2.60 bits per heavy atom. The average Bonchev–Trinajstić information content (AvgIpc) is 3.20. The fraction of sp³-hybridized carbons (Fsp3) is 0.292. The number of fused-ring (bicyclic) bond motifs is 1. The van der Waals surface area contributed by atoms with Crippen LogP contribution in [0.4, 0.5) is 20.4 Å². The fourth-order valence-corrected chi connectivity index (χ4v) is 5.24. The molecule has 3 aromatic heterocycles. The Kier molecular flexibility index (Phi) is 5.97. The van der Waals surface area contributed by atoms with Crippen LogP contribution in [0.3, 0.4) is 0 Å². The molecule has 0 spiro atoms. The molecule has 1 aliphatic carbocycles. The van der Waals surface area contributed by atoms with Crippen molar-refractivity contribution >= 4 is 27.0 Å². The molecule has 35 heavy (non-hydrogen) atoms. The van der Waals surface area contributed by atoms with Gasteiger partial charge in [0.25, 0.3) is 0 Å². The van der Waals surface area contributed by atoms with E-state index in [1.54, 1.807) is 24.7 Å². The summed E-state index contributed by atoms with van der Waals surface area (Å²) < 4.78 is 54.5. The summed E-state index contributed by atoms with van der Waals surface area (Å²) in [4.78, 5) is 8.19. The molecule has 8 nitrogen and oxygen atoms in total. The van der Waals surface area contributed by atoms with Crippen molar-refractivity contribution in [2.24, 2.45) is 5.73 Å². The number of hydrogen-bond acceptors (Lipinski definition) is 7. The summed E-state index contributed by atoms with van der Waals surface area (Å²) in [6.07, 6.45) is 9.91. The van der Waals surface area contributed by atoms with Crippen LogP contribution in [0.25, 0.3) is 16.8 Å². The molecule has 3 N–H and O–H groups in total. The number of imidazole rings is 1. The first-order valence-electron chi connectivity index (χ1n) is 11.2. The number of benzene rings is 1. The number of nitrogens with zero attached hydrogens (tertiary/aromatic N) is 4. The minimum atomic E-state index is -3.77. The molecule has 0 saturated heterocycles. The van der Waals surface area contributed by atoms with E-state index in [0.29, 0.717) is 11.5 Å².